The zero-order valence-electron chi connectivity index (χ0n) is 9.60. The molecule has 0 radical (unpaired) electrons. The molecule has 1 fully saturated rings. The van der Waals surface area contributed by atoms with E-state index in [9.17, 15) is 9.59 Å². The van der Waals surface area contributed by atoms with Crippen molar-refractivity contribution < 1.29 is 14.7 Å². The molecule has 0 aliphatic heterocycles. The highest BCUT2D eigenvalue weighted by Gasteiger charge is 2.48. The molecule has 1 saturated carbocycles. The van der Waals surface area contributed by atoms with E-state index in [4.69, 9.17) is 5.11 Å². The third-order valence-corrected chi connectivity index (χ3v) is 4.05. The van der Waals surface area contributed by atoms with Crippen molar-refractivity contribution in [3.8, 4) is 0 Å². The summed E-state index contributed by atoms with van der Waals surface area (Å²) in [7, 11) is 0. The van der Waals surface area contributed by atoms with Gasteiger partial charge in [0.25, 0.3) is 0 Å². The Bertz CT molecular complexity index is 441. The lowest BCUT2D eigenvalue weighted by Crippen LogP contribution is -2.25. The van der Waals surface area contributed by atoms with Gasteiger partial charge in [0.1, 0.15) is 0 Å². The number of carbonyl (C=O) groups excluding carboxylic acids is 1. The molecule has 2 unspecified atom stereocenters. The van der Waals surface area contributed by atoms with Gasteiger partial charge in [-0.25, -0.2) is 0 Å². The first-order chi connectivity index (χ1) is 8.13. The summed E-state index contributed by atoms with van der Waals surface area (Å²) in [5.74, 6) is -1.79. The van der Waals surface area contributed by atoms with Crippen LogP contribution in [0.25, 0.3) is 0 Å². The number of carboxylic acid groups (broad SMARTS) is 1. The van der Waals surface area contributed by atoms with Crippen LogP contribution in [0.15, 0.2) is 11.4 Å². The van der Waals surface area contributed by atoms with E-state index < -0.39 is 11.9 Å². The second-order valence-electron chi connectivity index (χ2n) is 4.23. The van der Waals surface area contributed by atoms with Gasteiger partial charge in [-0.2, -0.15) is 0 Å². The molecule has 2 N–H and O–H groups in total. The lowest BCUT2D eigenvalue weighted by atomic mass is 10.2. The van der Waals surface area contributed by atoms with Crippen LogP contribution in [0.5, 0.6) is 0 Å². The monoisotopic (exact) mass is 253 g/mol. The Morgan fingerprint density at radius 2 is 2.29 bits per heavy atom. The molecular weight excluding hydrogens is 238 g/mol. The van der Waals surface area contributed by atoms with Gasteiger partial charge in [0.2, 0.25) is 5.91 Å². The van der Waals surface area contributed by atoms with E-state index >= 15 is 0 Å². The normalized spacial score (nSPS) is 22.2. The second kappa shape index (κ2) is 4.87. The van der Waals surface area contributed by atoms with Gasteiger partial charge in [0, 0.05) is 4.88 Å². The maximum Gasteiger partial charge on any atom is 0.307 e. The van der Waals surface area contributed by atoms with Crippen LogP contribution >= 0.6 is 11.3 Å². The molecule has 1 aromatic rings. The summed E-state index contributed by atoms with van der Waals surface area (Å²) in [6.07, 6.45) is 1.43. The quantitative estimate of drug-likeness (QED) is 0.838. The van der Waals surface area contributed by atoms with Crippen molar-refractivity contribution in [3.63, 3.8) is 0 Å². The van der Waals surface area contributed by atoms with Gasteiger partial charge < -0.3 is 10.4 Å². The first-order valence-corrected chi connectivity index (χ1v) is 6.57. The minimum absolute atomic E-state index is 0.132. The van der Waals surface area contributed by atoms with Gasteiger partial charge in [-0.15, -0.1) is 11.3 Å². The van der Waals surface area contributed by atoms with E-state index in [1.807, 2.05) is 5.38 Å². The number of hydrogen-bond donors (Lipinski definition) is 2. The molecule has 5 heteroatoms. The average Bonchev–Trinajstić information content (AvgIpc) is 2.99. The standard InChI is InChI=1S/C12H15NO3S/c1-2-7-3-4-17-10(7)6-13-11(14)8-5-9(8)12(15)16/h3-4,8-9H,2,5-6H2,1H3,(H,13,14)(H,15,16). The minimum atomic E-state index is -0.865. The summed E-state index contributed by atoms with van der Waals surface area (Å²) in [4.78, 5) is 23.4. The van der Waals surface area contributed by atoms with Crippen LogP contribution in [0.3, 0.4) is 0 Å². The first-order valence-electron chi connectivity index (χ1n) is 5.69. The number of thiophene rings is 1. The molecule has 1 aliphatic rings. The van der Waals surface area contributed by atoms with Crippen molar-refractivity contribution >= 4 is 23.2 Å². The summed E-state index contributed by atoms with van der Waals surface area (Å²) < 4.78 is 0. The van der Waals surface area contributed by atoms with Gasteiger partial charge >= 0.3 is 5.97 Å². The Hall–Kier alpha value is -1.36. The average molecular weight is 253 g/mol. The highest BCUT2D eigenvalue weighted by molar-refractivity contribution is 7.10. The maximum atomic E-state index is 11.6. The van der Waals surface area contributed by atoms with E-state index in [0.29, 0.717) is 13.0 Å². The molecule has 0 saturated heterocycles. The SMILES string of the molecule is CCc1ccsc1CNC(=O)C1CC1C(=O)O. The third kappa shape index (κ3) is 2.66. The topological polar surface area (TPSA) is 66.4 Å². The zero-order chi connectivity index (χ0) is 12.4. The number of carbonyl (C=O) groups is 2. The molecular formula is C12H15NO3S. The summed E-state index contributed by atoms with van der Waals surface area (Å²) in [5, 5.41) is 13.6. The van der Waals surface area contributed by atoms with Crippen molar-refractivity contribution in [1.82, 2.24) is 5.32 Å². The molecule has 92 valence electrons. The largest absolute Gasteiger partial charge is 0.481 e. The fourth-order valence-electron chi connectivity index (χ4n) is 1.89. The van der Waals surface area contributed by atoms with Crippen LogP contribution in [0, 0.1) is 11.8 Å². The molecule has 1 aliphatic carbocycles. The predicted molar refractivity (Wildman–Crippen MR) is 64.8 cm³/mol. The molecule has 0 spiro atoms. The van der Waals surface area contributed by atoms with Gasteiger partial charge in [-0.05, 0) is 29.9 Å². The number of aryl methyl sites for hydroxylation is 1. The maximum absolute atomic E-state index is 11.6. The molecule has 2 rings (SSSR count). The number of carboxylic acids is 1. The first kappa shape index (κ1) is 12.1. The van der Waals surface area contributed by atoms with Crippen molar-refractivity contribution in [2.75, 3.05) is 0 Å². The molecule has 0 bridgehead atoms. The number of aliphatic carboxylic acids is 1. The van der Waals surface area contributed by atoms with Crippen molar-refractivity contribution in [1.29, 1.82) is 0 Å². The summed E-state index contributed by atoms with van der Waals surface area (Å²) in [5.41, 5.74) is 1.25. The van der Waals surface area contributed by atoms with E-state index in [-0.39, 0.29) is 11.8 Å². The van der Waals surface area contributed by atoms with Gasteiger partial charge in [0.15, 0.2) is 0 Å². The van der Waals surface area contributed by atoms with Gasteiger partial charge in [0.05, 0.1) is 18.4 Å². The van der Waals surface area contributed by atoms with E-state index in [1.165, 1.54) is 5.56 Å². The van der Waals surface area contributed by atoms with E-state index in [0.717, 1.165) is 11.3 Å². The van der Waals surface area contributed by atoms with Crippen molar-refractivity contribution in [3.05, 3.63) is 21.9 Å². The van der Waals surface area contributed by atoms with Crippen LogP contribution in [-0.2, 0) is 22.6 Å². The Morgan fingerprint density at radius 3 is 2.88 bits per heavy atom. The third-order valence-electron chi connectivity index (χ3n) is 3.09. The van der Waals surface area contributed by atoms with E-state index in [2.05, 4.69) is 18.3 Å². The van der Waals surface area contributed by atoms with Crippen LogP contribution in [0.1, 0.15) is 23.8 Å². The number of amides is 1. The molecule has 4 nitrogen and oxygen atoms in total. The molecule has 2 atom stereocenters. The van der Waals surface area contributed by atoms with Crippen LogP contribution in [-0.4, -0.2) is 17.0 Å². The Morgan fingerprint density at radius 1 is 1.53 bits per heavy atom. The van der Waals surface area contributed by atoms with Crippen LogP contribution in [0.2, 0.25) is 0 Å². The second-order valence-corrected chi connectivity index (χ2v) is 5.23. The number of rotatable bonds is 5. The Balaban J connectivity index is 1.83. The predicted octanol–water partition coefficient (Wildman–Crippen LogP) is 1.65. The van der Waals surface area contributed by atoms with Crippen LogP contribution in [0.4, 0.5) is 0 Å². The Labute approximate surface area is 104 Å². The molecule has 0 aromatic carbocycles. The van der Waals surface area contributed by atoms with Gasteiger partial charge in [-0.1, -0.05) is 6.92 Å². The molecule has 1 aromatic heterocycles. The highest BCUT2D eigenvalue weighted by Crippen LogP contribution is 2.38. The summed E-state index contributed by atoms with van der Waals surface area (Å²) in [6, 6.07) is 2.06. The van der Waals surface area contributed by atoms with Gasteiger partial charge in [-0.3, -0.25) is 9.59 Å². The Kier molecular flexibility index (Phi) is 3.47. The summed E-state index contributed by atoms with van der Waals surface area (Å²) in [6.45, 7) is 2.59. The molecule has 17 heavy (non-hydrogen) atoms. The lowest BCUT2D eigenvalue weighted by Gasteiger charge is -2.04. The number of hydrogen-bond acceptors (Lipinski definition) is 3. The van der Waals surface area contributed by atoms with Crippen LogP contribution < -0.4 is 5.32 Å². The smallest absolute Gasteiger partial charge is 0.307 e. The fourth-order valence-corrected chi connectivity index (χ4v) is 2.81. The zero-order valence-corrected chi connectivity index (χ0v) is 10.4. The van der Waals surface area contributed by atoms with Crippen molar-refractivity contribution in [2.24, 2.45) is 11.8 Å². The minimum Gasteiger partial charge on any atom is -0.481 e. The summed E-state index contributed by atoms with van der Waals surface area (Å²) >= 11 is 1.62. The molecule has 1 heterocycles. The van der Waals surface area contributed by atoms with E-state index in [1.54, 1.807) is 11.3 Å². The lowest BCUT2D eigenvalue weighted by molar-refractivity contribution is -0.140. The highest BCUT2D eigenvalue weighted by atomic mass is 32.1. The molecule has 1 amide bonds. The number of nitrogens with one attached hydrogen (secondary N) is 1. The fraction of sp³-hybridized carbons (Fsp3) is 0.500. The van der Waals surface area contributed by atoms with Crippen molar-refractivity contribution in [2.45, 2.75) is 26.3 Å².